The van der Waals surface area contributed by atoms with Crippen LogP contribution in [0.5, 0.6) is 5.75 Å². The average Bonchev–Trinajstić information content (AvgIpc) is 3.36. The Morgan fingerprint density at radius 3 is 2.33 bits per heavy atom. The summed E-state index contributed by atoms with van der Waals surface area (Å²) in [6.45, 7) is 1.99. The highest BCUT2D eigenvalue weighted by Gasteiger charge is 2.46. The number of nitro groups is 1. The van der Waals surface area contributed by atoms with Crippen molar-refractivity contribution in [2.75, 3.05) is 6.61 Å². The van der Waals surface area contributed by atoms with Gasteiger partial charge in [0.25, 0.3) is 5.69 Å². The molecule has 0 radical (unpaired) electrons. The Balaban J connectivity index is 1.26. The number of nitrogens with zero attached hydrogens (tertiary/aromatic N) is 1. The standard InChI is InChI=1S/C33H29ClN2O6/c1-2-41-32(38)33(19-25-10-9-24(18-27(25)20-33)23-11-13-28(34)14-12-23)35-31(37)17-22-7-15-29(16-8-22)42-21-26-5-3-4-6-30(26)36(39)40/h3-16,18H,2,17,19-21H2,1H3,(H,35,37). The smallest absolute Gasteiger partial charge is 0.332 e. The maximum Gasteiger partial charge on any atom is 0.332 e. The van der Waals surface area contributed by atoms with E-state index in [4.69, 9.17) is 21.1 Å². The van der Waals surface area contributed by atoms with Crippen LogP contribution in [0.4, 0.5) is 5.69 Å². The largest absolute Gasteiger partial charge is 0.489 e. The van der Waals surface area contributed by atoms with Crippen LogP contribution in [0.25, 0.3) is 11.1 Å². The molecule has 0 heterocycles. The Hall–Kier alpha value is -4.69. The third-order valence-corrected chi connectivity index (χ3v) is 7.54. The number of rotatable bonds is 10. The first kappa shape index (κ1) is 28.8. The van der Waals surface area contributed by atoms with E-state index in [2.05, 4.69) is 11.4 Å². The number of nitro benzene ring substituents is 1. The number of nitrogens with one attached hydrogen (secondary N) is 1. The number of carbonyl (C=O) groups excluding carboxylic acids is 2. The van der Waals surface area contributed by atoms with Crippen molar-refractivity contribution in [3.63, 3.8) is 0 Å². The van der Waals surface area contributed by atoms with Crippen molar-refractivity contribution in [3.05, 3.63) is 128 Å². The van der Waals surface area contributed by atoms with E-state index in [0.29, 0.717) is 29.2 Å². The lowest BCUT2D eigenvalue weighted by molar-refractivity contribution is -0.385. The molecule has 1 amide bonds. The van der Waals surface area contributed by atoms with Gasteiger partial charge in [-0.2, -0.15) is 0 Å². The van der Waals surface area contributed by atoms with Crippen LogP contribution in [0.3, 0.4) is 0 Å². The Bertz CT molecular complexity index is 1620. The van der Waals surface area contributed by atoms with Crippen molar-refractivity contribution in [1.29, 1.82) is 0 Å². The molecule has 1 N–H and O–H groups in total. The molecule has 4 aromatic carbocycles. The third-order valence-electron chi connectivity index (χ3n) is 7.28. The molecule has 0 fully saturated rings. The van der Waals surface area contributed by atoms with Gasteiger partial charge in [0.1, 0.15) is 17.9 Å². The van der Waals surface area contributed by atoms with Crippen molar-refractivity contribution in [3.8, 4) is 16.9 Å². The number of amides is 1. The summed E-state index contributed by atoms with van der Waals surface area (Å²) in [6, 6.07) is 27.0. The summed E-state index contributed by atoms with van der Waals surface area (Å²) in [5.74, 6) is -0.244. The number of hydrogen-bond donors (Lipinski definition) is 1. The topological polar surface area (TPSA) is 108 Å². The number of carbonyl (C=O) groups is 2. The quantitative estimate of drug-likeness (QED) is 0.134. The number of esters is 1. The van der Waals surface area contributed by atoms with Crippen molar-refractivity contribution in [1.82, 2.24) is 5.32 Å². The van der Waals surface area contributed by atoms with Crippen LogP contribution in [0.15, 0.2) is 91.0 Å². The Labute approximate surface area is 248 Å². The second kappa shape index (κ2) is 12.4. The summed E-state index contributed by atoms with van der Waals surface area (Å²) in [7, 11) is 0. The van der Waals surface area contributed by atoms with Gasteiger partial charge in [0, 0.05) is 23.9 Å². The zero-order chi connectivity index (χ0) is 29.7. The van der Waals surface area contributed by atoms with E-state index >= 15 is 0 Å². The van der Waals surface area contributed by atoms with Gasteiger partial charge in [0.15, 0.2) is 0 Å². The van der Waals surface area contributed by atoms with Gasteiger partial charge >= 0.3 is 5.97 Å². The average molecular weight is 585 g/mol. The molecular formula is C33H29ClN2O6. The van der Waals surface area contributed by atoms with Crippen LogP contribution in [0, 0.1) is 10.1 Å². The van der Waals surface area contributed by atoms with Gasteiger partial charge < -0.3 is 14.8 Å². The molecule has 8 nitrogen and oxygen atoms in total. The highest BCUT2D eigenvalue weighted by Crippen LogP contribution is 2.35. The first-order chi connectivity index (χ1) is 20.3. The molecule has 1 unspecified atom stereocenters. The van der Waals surface area contributed by atoms with Crippen molar-refractivity contribution in [2.45, 2.75) is 38.3 Å². The molecule has 9 heteroatoms. The first-order valence-electron chi connectivity index (χ1n) is 13.6. The summed E-state index contributed by atoms with van der Waals surface area (Å²) in [6.07, 6.45) is 0.719. The van der Waals surface area contributed by atoms with E-state index in [1.807, 2.05) is 36.4 Å². The molecule has 4 aromatic rings. The number of fused-ring (bicyclic) bond motifs is 1. The molecule has 0 saturated carbocycles. The Kier molecular flexibility index (Phi) is 8.54. The van der Waals surface area contributed by atoms with Crippen LogP contribution in [-0.2, 0) is 40.2 Å². The number of ether oxygens (including phenoxy) is 2. The van der Waals surface area contributed by atoms with Crippen molar-refractivity contribution < 1.29 is 24.0 Å². The van der Waals surface area contributed by atoms with E-state index in [1.54, 1.807) is 49.4 Å². The molecule has 5 rings (SSSR count). The number of para-hydroxylation sites is 1. The molecule has 214 valence electrons. The number of halogens is 1. The first-order valence-corrected chi connectivity index (χ1v) is 13.9. The molecule has 0 aromatic heterocycles. The normalized spacial score (nSPS) is 15.5. The summed E-state index contributed by atoms with van der Waals surface area (Å²) >= 11 is 6.04. The SMILES string of the molecule is CCOC(=O)C1(NC(=O)Cc2ccc(OCc3ccccc3[N+](=O)[O-])cc2)Cc2ccc(-c3ccc(Cl)cc3)cc2C1. The zero-order valence-electron chi connectivity index (χ0n) is 23.0. The molecular weight excluding hydrogens is 556 g/mol. The van der Waals surface area contributed by atoms with Crippen molar-refractivity contribution >= 4 is 29.2 Å². The van der Waals surface area contributed by atoms with Gasteiger partial charge in [0.2, 0.25) is 5.91 Å². The fourth-order valence-corrected chi connectivity index (χ4v) is 5.35. The lowest BCUT2D eigenvalue weighted by Gasteiger charge is -2.28. The zero-order valence-corrected chi connectivity index (χ0v) is 23.7. The monoisotopic (exact) mass is 584 g/mol. The maximum atomic E-state index is 13.2. The predicted octanol–water partition coefficient (Wildman–Crippen LogP) is 6.25. The lowest BCUT2D eigenvalue weighted by Crippen LogP contribution is -2.56. The van der Waals surface area contributed by atoms with Gasteiger partial charge in [-0.15, -0.1) is 0 Å². The molecule has 1 aliphatic carbocycles. The summed E-state index contributed by atoms with van der Waals surface area (Å²) < 4.78 is 11.2. The number of hydrogen-bond acceptors (Lipinski definition) is 6. The van der Waals surface area contributed by atoms with Crippen LogP contribution in [0.2, 0.25) is 5.02 Å². The van der Waals surface area contributed by atoms with E-state index in [1.165, 1.54) is 6.07 Å². The molecule has 1 aliphatic rings. The third kappa shape index (κ3) is 6.44. The molecule has 0 bridgehead atoms. The van der Waals surface area contributed by atoms with Crippen LogP contribution in [-0.4, -0.2) is 28.9 Å². The second-order valence-corrected chi connectivity index (χ2v) is 10.6. The molecule has 0 saturated heterocycles. The maximum absolute atomic E-state index is 13.2. The molecule has 0 aliphatic heterocycles. The molecule has 1 atom stereocenters. The van der Waals surface area contributed by atoms with Crippen LogP contribution in [0.1, 0.15) is 29.2 Å². The van der Waals surface area contributed by atoms with Crippen LogP contribution < -0.4 is 10.1 Å². The fraction of sp³-hybridized carbons (Fsp3) is 0.212. The molecule has 0 spiro atoms. The van der Waals surface area contributed by atoms with Gasteiger partial charge in [-0.1, -0.05) is 66.2 Å². The van der Waals surface area contributed by atoms with Gasteiger partial charge in [-0.25, -0.2) is 4.79 Å². The summed E-state index contributed by atoms with van der Waals surface area (Å²) in [5.41, 5.74) is 3.98. The number of benzene rings is 4. The lowest BCUT2D eigenvalue weighted by atomic mass is 9.95. The minimum atomic E-state index is -1.19. The highest BCUT2D eigenvalue weighted by molar-refractivity contribution is 6.30. The van der Waals surface area contributed by atoms with Gasteiger partial charge in [-0.05, 0) is 65.1 Å². The van der Waals surface area contributed by atoms with E-state index in [9.17, 15) is 19.7 Å². The van der Waals surface area contributed by atoms with E-state index in [0.717, 1.165) is 27.8 Å². The fourth-order valence-electron chi connectivity index (χ4n) is 5.22. The Morgan fingerprint density at radius 2 is 1.62 bits per heavy atom. The second-order valence-electron chi connectivity index (χ2n) is 10.2. The van der Waals surface area contributed by atoms with Crippen LogP contribution >= 0.6 is 11.6 Å². The predicted molar refractivity (Wildman–Crippen MR) is 159 cm³/mol. The summed E-state index contributed by atoms with van der Waals surface area (Å²) in [5, 5.41) is 14.9. The van der Waals surface area contributed by atoms with Gasteiger partial charge in [-0.3, -0.25) is 14.9 Å². The van der Waals surface area contributed by atoms with Crippen molar-refractivity contribution in [2.24, 2.45) is 0 Å². The van der Waals surface area contributed by atoms with E-state index < -0.39 is 16.4 Å². The Morgan fingerprint density at radius 1 is 0.929 bits per heavy atom. The minimum absolute atomic E-state index is 0.00316. The minimum Gasteiger partial charge on any atom is -0.489 e. The summed E-state index contributed by atoms with van der Waals surface area (Å²) in [4.78, 5) is 37.2. The highest BCUT2D eigenvalue weighted by atomic mass is 35.5. The van der Waals surface area contributed by atoms with E-state index in [-0.39, 0.29) is 31.2 Å². The molecule has 42 heavy (non-hydrogen) atoms. The van der Waals surface area contributed by atoms with Gasteiger partial charge in [0.05, 0.1) is 23.5 Å².